The summed E-state index contributed by atoms with van der Waals surface area (Å²) in [6.07, 6.45) is 11.8. The van der Waals surface area contributed by atoms with Gasteiger partial charge in [0.15, 0.2) is 0 Å². The Bertz CT molecular complexity index is 3070. The molecule has 8 aromatic rings. The molecule has 0 spiro atoms. The molecule has 0 radical (unpaired) electrons. The lowest BCUT2D eigenvalue weighted by Gasteiger charge is -2.33. The lowest BCUT2D eigenvalue weighted by atomic mass is 9.70. The second kappa shape index (κ2) is 22.9. The van der Waals surface area contributed by atoms with E-state index in [0.29, 0.717) is 11.1 Å². The van der Waals surface area contributed by atoms with Crippen molar-refractivity contribution in [3.05, 3.63) is 248 Å². The summed E-state index contributed by atoms with van der Waals surface area (Å²) < 4.78 is 1.96. The highest BCUT2D eigenvalue weighted by Crippen LogP contribution is 2.56. The Labute approximate surface area is 438 Å². The van der Waals surface area contributed by atoms with Crippen LogP contribution in [0.25, 0.3) is 55.7 Å². The summed E-state index contributed by atoms with van der Waals surface area (Å²) in [5, 5.41) is 21.6. The minimum absolute atomic E-state index is 0.164. The van der Waals surface area contributed by atoms with Gasteiger partial charge in [0.05, 0.1) is 11.1 Å². The summed E-state index contributed by atoms with van der Waals surface area (Å²) in [6.45, 7) is 4.60. The Hall–Kier alpha value is -6.82. The first-order chi connectivity index (χ1) is 34.8. The highest BCUT2D eigenvalue weighted by molar-refractivity contribution is 9.10. The number of nitrogens with zero attached hydrogens (tertiary/aromatic N) is 2. The van der Waals surface area contributed by atoms with Crippen molar-refractivity contribution in [3.63, 3.8) is 0 Å². The first-order valence-electron chi connectivity index (χ1n) is 25.3. The van der Waals surface area contributed by atoms with E-state index in [4.69, 9.17) is 0 Å². The average Bonchev–Trinajstić information content (AvgIpc) is 3.68. The third kappa shape index (κ3) is 10.6. The van der Waals surface area contributed by atoms with Crippen LogP contribution in [0.3, 0.4) is 0 Å². The Kier molecular flexibility index (Phi) is 15.9. The SMILES string of the molecule is CCCCCCC1(CCCCCC)c2cc(-c3cccc(/C(=C(\C#N)c4ccc(Br)cc4)c4ccccc4)c3)ccc2-c2ccc(-c3cccc(/C(=C(\C#N)c4ccc(Br)cc4)c4ccccc4)c3)cc21. The molecule has 1 aliphatic carbocycles. The van der Waals surface area contributed by atoms with Crippen molar-refractivity contribution in [3.8, 4) is 45.5 Å². The molecule has 71 heavy (non-hydrogen) atoms. The predicted molar refractivity (Wildman–Crippen MR) is 305 cm³/mol. The van der Waals surface area contributed by atoms with Crippen LogP contribution in [0, 0.1) is 22.7 Å². The first kappa shape index (κ1) is 49.2. The minimum Gasteiger partial charge on any atom is -0.192 e. The molecule has 2 nitrogen and oxygen atoms in total. The van der Waals surface area contributed by atoms with Crippen molar-refractivity contribution < 1.29 is 0 Å². The smallest absolute Gasteiger partial charge is 0.100 e. The number of fused-ring (bicyclic) bond motifs is 3. The minimum atomic E-state index is -0.164. The van der Waals surface area contributed by atoms with Crippen LogP contribution in [0.1, 0.15) is 123 Å². The van der Waals surface area contributed by atoms with Crippen molar-refractivity contribution in [2.45, 2.75) is 83.5 Å². The Morgan fingerprint density at radius 1 is 0.380 bits per heavy atom. The molecule has 0 unspecified atom stereocenters. The van der Waals surface area contributed by atoms with Gasteiger partial charge < -0.3 is 0 Å². The second-order valence-electron chi connectivity index (χ2n) is 18.9. The number of allylic oxidation sites excluding steroid dienone is 2. The quantitative estimate of drug-likeness (QED) is 0.0488. The molecule has 4 heteroatoms. The van der Waals surface area contributed by atoms with Crippen LogP contribution in [-0.2, 0) is 5.41 Å². The van der Waals surface area contributed by atoms with Crippen LogP contribution in [0.2, 0.25) is 0 Å². The maximum Gasteiger partial charge on any atom is 0.100 e. The van der Waals surface area contributed by atoms with Crippen LogP contribution < -0.4 is 0 Å². The zero-order valence-electron chi connectivity index (χ0n) is 40.7. The maximum absolute atomic E-state index is 10.8. The summed E-state index contributed by atoms with van der Waals surface area (Å²) >= 11 is 7.18. The zero-order chi connectivity index (χ0) is 49.2. The molecular formula is C67H58Br2N2. The van der Waals surface area contributed by atoms with E-state index in [1.54, 1.807) is 0 Å². The summed E-state index contributed by atoms with van der Waals surface area (Å²) in [7, 11) is 0. The van der Waals surface area contributed by atoms with Crippen molar-refractivity contribution in [1.82, 2.24) is 0 Å². The highest BCUT2D eigenvalue weighted by Gasteiger charge is 2.42. The second-order valence-corrected chi connectivity index (χ2v) is 20.7. The Morgan fingerprint density at radius 2 is 0.761 bits per heavy atom. The van der Waals surface area contributed by atoms with E-state index in [0.717, 1.165) is 90.3 Å². The first-order valence-corrected chi connectivity index (χ1v) is 26.9. The van der Waals surface area contributed by atoms with Gasteiger partial charge in [-0.2, -0.15) is 10.5 Å². The molecule has 9 rings (SSSR count). The summed E-state index contributed by atoms with van der Waals surface area (Å²) in [5.41, 5.74) is 19.0. The molecular weight excluding hydrogens is 993 g/mol. The molecule has 0 fully saturated rings. The number of rotatable bonds is 18. The van der Waals surface area contributed by atoms with Gasteiger partial charge in [-0.25, -0.2) is 0 Å². The van der Waals surface area contributed by atoms with Gasteiger partial charge >= 0.3 is 0 Å². The van der Waals surface area contributed by atoms with Crippen LogP contribution in [-0.4, -0.2) is 0 Å². The number of hydrogen-bond acceptors (Lipinski definition) is 2. The van der Waals surface area contributed by atoms with Gasteiger partial charge in [0.2, 0.25) is 0 Å². The molecule has 0 saturated heterocycles. The maximum atomic E-state index is 10.8. The normalized spacial score (nSPS) is 13.0. The lowest BCUT2D eigenvalue weighted by molar-refractivity contribution is 0.401. The van der Waals surface area contributed by atoms with Gasteiger partial charge in [-0.3, -0.25) is 0 Å². The van der Waals surface area contributed by atoms with E-state index in [-0.39, 0.29) is 5.41 Å². The van der Waals surface area contributed by atoms with Crippen LogP contribution in [0.15, 0.2) is 203 Å². The number of hydrogen-bond donors (Lipinski definition) is 0. The van der Waals surface area contributed by atoms with Gasteiger partial charge in [0, 0.05) is 25.5 Å². The van der Waals surface area contributed by atoms with Crippen molar-refractivity contribution in [2.75, 3.05) is 0 Å². The molecule has 1 aliphatic rings. The highest BCUT2D eigenvalue weighted by atomic mass is 79.9. The monoisotopic (exact) mass is 1050 g/mol. The van der Waals surface area contributed by atoms with Gasteiger partial charge in [-0.05, 0) is 139 Å². The van der Waals surface area contributed by atoms with Crippen LogP contribution in [0.5, 0.6) is 0 Å². The van der Waals surface area contributed by atoms with Crippen molar-refractivity contribution in [2.24, 2.45) is 0 Å². The largest absolute Gasteiger partial charge is 0.192 e. The summed E-state index contributed by atoms with van der Waals surface area (Å²) in [5.74, 6) is 0. The molecule has 0 aromatic heterocycles. The Balaban J connectivity index is 1.18. The molecule has 0 amide bonds. The van der Waals surface area contributed by atoms with Crippen molar-refractivity contribution in [1.29, 1.82) is 10.5 Å². The standard InChI is InChI=1S/C67H58Br2N2/c1-3-5-7-15-39-67(40-16-8-6-4-2)63-43-53(51-23-17-25-55(41-51)65(49-19-11-9-12-20-49)61(45-70)47-27-33-57(68)34-28-47)31-37-59(63)60-38-32-54(44-64(60)67)52-24-18-26-56(42-52)66(50-21-13-10-14-22-50)62(46-71)48-29-35-58(69)36-30-48/h9-14,17-38,41-44H,3-8,15-16,39-40H2,1-2H3/b65-61+,66-62+. The lowest BCUT2D eigenvalue weighted by Crippen LogP contribution is -2.25. The Morgan fingerprint density at radius 3 is 1.14 bits per heavy atom. The zero-order valence-corrected chi connectivity index (χ0v) is 43.9. The average molecular weight is 1050 g/mol. The van der Waals surface area contributed by atoms with E-state index in [9.17, 15) is 10.5 Å². The molecule has 0 aliphatic heterocycles. The fourth-order valence-electron chi connectivity index (χ4n) is 10.8. The number of nitriles is 2. The van der Waals surface area contributed by atoms with Gasteiger partial charge in [-0.15, -0.1) is 0 Å². The molecule has 0 saturated carbocycles. The van der Waals surface area contributed by atoms with Crippen molar-refractivity contribution >= 4 is 54.2 Å². The molecule has 0 heterocycles. The predicted octanol–water partition coefficient (Wildman–Crippen LogP) is 19.7. The number of unbranched alkanes of at least 4 members (excludes halogenated alkanes) is 6. The molecule has 8 aromatic carbocycles. The summed E-state index contributed by atoms with van der Waals surface area (Å²) in [4.78, 5) is 0. The van der Waals surface area contributed by atoms with E-state index in [2.05, 4.69) is 167 Å². The fraction of sp³-hybridized carbons (Fsp3) is 0.194. The van der Waals surface area contributed by atoms with Gasteiger partial charge in [0.25, 0.3) is 0 Å². The van der Waals surface area contributed by atoms with E-state index in [1.165, 1.54) is 71.9 Å². The summed E-state index contributed by atoms with van der Waals surface area (Å²) in [6, 6.07) is 74.0. The van der Waals surface area contributed by atoms with Crippen LogP contribution in [0.4, 0.5) is 0 Å². The van der Waals surface area contributed by atoms with Gasteiger partial charge in [0.1, 0.15) is 12.1 Å². The van der Waals surface area contributed by atoms with Crippen LogP contribution >= 0.6 is 31.9 Å². The molecule has 0 N–H and O–H groups in total. The molecule has 350 valence electrons. The number of halogens is 2. The van der Waals surface area contributed by atoms with E-state index < -0.39 is 0 Å². The van der Waals surface area contributed by atoms with E-state index >= 15 is 0 Å². The third-order valence-electron chi connectivity index (χ3n) is 14.4. The molecule has 0 atom stereocenters. The molecule has 0 bridgehead atoms. The van der Waals surface area contributed by atoms with Gasteiger partial charge in [-0.1, -0.05) is 243 Å². The topological polar surface area (TPSA) is 47.6 Å². The number of benzene rings is 8. The third-order valence-corrected chi connectivity index (χ3v) is 15.4. The fourth-order valence-corrected chi connectivity index (χ4v) is 11.3. The van der Waals surface area contributed by atoms with E-state index in [1.807, 2.05) is 84.9 Å².